The zero-order chi connectivity index (χ0) is 20.7. The molecule has 1 fully saturated rings. The molecule has 1 saturated heterocycles. The van der Waals surface area contributed by atoms with Crippen LogP contribution in [-0.2, 0) is 19.6 Å². The molecule has 3 rings (SSSR count). The Morgan fingerprint density at radius 2 is 1.86 bits per heavy atom. The van der Waals surface area contributed by atoms with Gasteiger partial charge in [0.2, 0.25) is 10.0 Å². The predicted molar refractivity (Wildman–Crippen MR) is 113 cm³/mol. The monoisotopic (exact) mass is 439 g/mol. The Morgan fingerprint density at radius 1 is 1.14 bits per heavy atom. The summed E-state index contributed by atoms with van der Waals surface area (Å²) in [7, 11) is -3.65. The topological polar surface area (TPSA) is 89.5 Å². The second-order valence-electron chi connectivity index (χ2n) is 7.50. The lowest BCUT2D eigenvalue weighted by Gasteiger charge is -2.30. The van der Waals surface area contributed by atoms with Crippen LogP contribution in [0.15, 0.2) is 23.1 Å². The maximum atomic E-state index is 13.0. The molecule has 1 aliphatic rings. The number of sulfonamides is 1. The SMILES string of the molecule is CCCCCCCCOC(=O)C1CCN(S(=O)(=O)c2cccc3nsnc23)CC1. The van der Waals surface area contributed by atoms with Crippen LogP contribution >= 0.6 is 11.7 Å². The van der Waals surface area contributed by atoms with Crippen molar-refractivity contribution in [2.75, 3.05) is 19.7 Å². The van der Waals surface area contributed by atoms with E-state index in [9.17, 15) is 13.2 Å². The van der Waals surface area contributed by atoms with Crippen LogP contribution in [0.4, 0.5) is 0 Å². The molecule has 0 spiro atoms. The van der Waals surface area contributed by atoms with Crippen LogP contribution in [0.5, 0.6) is 0 Å². The fourth-order valence-corrected chi connectivity index (χ4v) is 5.86. The summed E-state index contributed by atoms with van der Waals surface area (Å²) in [5.74, 6) is -0.417. The number of unbranched alkanes of at least 4 members (excludes halogenated alkanes) is 5. The van der Waals surface area contributed by atoms with Crippen molar-refractivity contribution in [1.82, 2.24) is 13.1 Å². The molecule has 0 atom stereocenters. The van der Waals surface area contributed by atoms with Crippen LogP contribution < -0.4 is 0 Å². The summed E-state index contributed by atoms with van der Waals surface area (Å²) >= 11 is 1.00. The normalized spacial score (nSPS) is 16.3. The van der Waals surface area contributed by atoms with Crippen LogP contribution in [0.1, 0.15) is 58.3 Å². The van der Waals surface area contributed by atoms with Crippen LogP contribution in [0, 0.1) is 5.92 Å². The molecule has 0 aliphatic carbocycles. The molecule has 0 bridgehead atoms. The van der Waals surface area contributed by atoms with Crippen LogP contribution in [0.3, 0.4) is 0 Å². The molecule has 1 aromatic heterocycles. The van der Waals surface area contributed by atoms with E-state index in [1.807, 2.05) is 0 Å². The Hall–Kier alpha value is -1.58. The van der Waals surface area contributed by atoms with Gasteiger partial charge in [0.15, 0.2) is 0 Å². The predicted octanol–water partition coefficient (Wildman–Crippen LogP) is 4.00. The van der Waals surface area contributed by atoms with Gasteiger partial charge in [-0.15, -0.1) is 0 Å². The molecule has 2 aromatic rings. The van der Waals surface area contributed by atoms with E-state index in [1.165, 1.54) is 30.0 Å². The van der Waals surface area contributed by atoms with Crippen LogP contribution in [0.25, 0.3) is 11.0 Å². The van der Waals surface area contributed by atoms with Crippen molar-refractivity contribution in [3.8, 4) is 0 Å². The third-order valence-corrected chi connectivity index (χ3v) is 7.87. The molecule has 0 amide bonds. The maximum Gasteiger partial charge on any atom is 0.309 e. The lowest BCUT2D eigenvalue weighted by molar-refractivity contribution is -0.150. The van der Waals surface area contributed by atoms with E-state index >= 15 is 0 Å². The van der Waals surface area contributed by atoms with Crippen LogP contribution in [-0.4, -0.2) is 47.1 Å². The number of aromatic nitrogens is 2. The molecule has 9 heteroatoms. The van der Waals surface area contributed by atoms with E-state index in [4.69, 9.17) is 4.74 Å². The van der Waals surface area contributed by atoms with Gasteiger partial charge in [-0.25, -0.2) is 8.42 Å². The third kappa shape index (κ3) is 5.52. The van der Waals surface area contributed by atoms with E-state index in [2.05, 4.69) is 15.7 Å². The Bertz CT molecular complexity index is 905. The van der Waals surface area contributed by atoms with Gasteiger partial charge in [0.25, 0.3) is 0 Å². The highest BCUT2D eigenvalue weighted by Gasteiger charge is 2.34. The molecule has 29 heavy (non-hydrogen) atoms. The minimum Gasteiger partial charge on any atom is -0.465 e. The van der Waals surface area contributed by atoms with Gasteiger partial charge < -0.3 is 4.74 Å². The first kappa shape index (κ1) is 22.1. The number of nitrogens with zero attached hydrogens (tertiary/aromatic N) is 3. The zero-order valence-corrected chi connectivity index (χ0v) is 18.5. The van der Waals surface area contributed by atoms with Crippen molar-refractivity contribution in [3.63, 3.8) is 0 Å². The summed E-state index contributed by atoms with van der Waals surface area (Å²) in [5.41, 5.74) is 1.00. The Morgan fingerprint density at radius 3 is 2.62 bits per heavy atom. The molecule has 7 nitrogen and oxygen atoms in total. The lowest BCUT2D eigenvalue weighted by atomic mass is 9.98. The van der Waals surface area contributed by atoms with Crippen molar-refractivity contribution < 1.29 is 17.9 Å². The quantitative estimate of drug-likeness (QED) is 0.411. The number of carbonyl (C=O) groups is 1. The fraction of sp³-hybridized carbons (Fsp3) is 0.650. The molecule has 0 unspecified atom stereocenters. The van der Waals surface area contributed by atoms with Crippen molar-refractivity contribution in [1.29, 1.82) is 0 Å². The number of hydrogen-bond acceptors (Lipinski definition) is 7. The molecule has 1 aromatic carbocycles. The zero-order valence-electron chi connectivity index (χ0n) is 16.9. The van der Waals surface area contributed by atoms with Crippen molar-refractivity contribution in [2.24, 2.45) is 5.92 Å². The van der Waals surface area contributed by atoms with Gasteiger partial charge in [0.05, 0.1) is 24.3 Å². The number of piperidine rings is 1. The maximum absolute atomic E-state index is 13.0. The van der Waals surface area contributed by atoms with E-state index in [0.717, 1.165) is 24.6 Å². The smallest absolute Gasteiger partial charge is 0.309 e. The highest BCUT2D eigenvalue weighted by Crippen LogP contribution is 2.28. The van der Waals surface area contributed by atoms with Gasteiger partial charge in [0, 0.05) is 13.1 Å². The largest absolute Gasteiger partial charge is 0.465 e. The summed E-state index contributed by atoms with van der Waals surface area (Å²) < 4.78 is 41.2. The molecule has 0 radical (unpaired) electrons. The Balaban J connectivity index is 1.47. The van der Waals surface area contributed by atoms with Crippen LogP contribution in [0.2, 0.25) is 0 Å². The second kappa shape index (κ2) is 10.4. The number of carbonyl (C=O) groups excluding carboxylic acids is 1. The summed E-state index contributed by atoms with van der Waals surface area (Å²) in [4.78, 5) is 12.5. The number of benzene rings is 1. The first-order chi connectivity index (χ1) is 14.0. The number of fused-ring (bicyclic) bond motifs is 1. The van der Waals surface area contributed by atoms with E-state index in [-0.39, 0.29) is 16.8 Å². The van der Waals surface area contributed by atoms with Gasteiger partial charge in [-0.05, 0) is 31.4 Å². The highest BCUT2D eigenvalue weighted by atomic mass is 32.2. The summed E-state index contributed by atoms with van der Waals surface area (Å²) in [6, 6.07) is 5.01. The van der Waals surface area contributed by atoms with Gasteiger partial charge in [-0.2, -0.15) is 13.1 Å². The molecule has 160 valence electrons. The Kier molecular flexibility index (Phi) is 7.97. The average Bonchev–Trinajstić information content (AvgIpc) is 3.22. The first-order valence-corrected chi connectivity index (χ1v) is 12.6. The van der Waals surface area contributed by atoms with Crippen molar-refractivity contribution >= 4 is 38.8 Å². The standard InChI is InChI=1S/C20H29N3O4S2/c1-2-3-4-5-6-7-15-27-20(24)16-11-13-23(14-12-16)29(25,26)18-10-8-9-17-19(18)22-28-21-17/h8-10,16H,2-7,11-15H2,1H3. The summed E-state index contributed by atoms with van der Waals surface area (Å²) in [6.07, 6.45) is 7.86. The molecule has 2 heterocycles. The van der Waals surface area contributed by atoms with Gasteiger partial charge in [-0.1, -0.05) is 45.1 Å². The average molecular weight is 440 g/mol. The third-order valence-electron chi connectivity index (χ3n) is 5.40. The lowest BCUT2D eigenvalue weighted by Crippen LogP contribution is -2.40. The van der Waals surface area contributed by atoms with Gasteiger partial charge in [-0.3, -0.25) is 4.79 Å². The molecular formula is C20H29N3O4S2. The minimum atomic E-state index is -3.65. The summed E-state index contributed by atoms with van der Waals surface area (Å²) in [5, 5.41) is 0. The molecule has 0 saturated carbocycles. The van der Waals surface area contributed by atoms with Crippen molar-refractivity contribution in [3.05, 3.63) is 18.2 Å². The minimum absolute atomic E-state index is 0.188. The first-order valence-electron chi connectivity index (χ1n) is 10.4. The van der Waals surface area contributed by atoms with E-state index in [0.29, 0.717) is 43.6 Å². The number of ether oxygens (including phenoxy) is 1. The number of hydrogen-bond donors (Lipinski definition) is 0. The molecular weight excluding hydrogens is 410 g/mol. The molecule has 1 aliphatic heterocycles. The van der Waals surface area contributed by atoms with Crippen molar-refractivity contribution in [2.45, 2.75) is 63.2 Å². The molecule has 0 N–H and O–H groups in total. The van der Waals surface area contributed by atoms with E-state index in [1.54, 1.807) is 18.2 Å². The number of rotatable bonds is 10. The Labute approximate surface area is 176 Å². The highest BCUT2D eigenvalue weighted by molar-refractivity contribution is 7.89. The second-order valence-corrected chi connectivity index (χ2v) is 9.94. The van der Waals surface area contributed by atoms with Gasteiger partial charge in [0.1, 0.15) is 15.9 Å². The summed E-state index contributed by atoms with van der Waals surface area (Å²) in [6.45, 7) is 3.28. The fourth-order valence-electron chi connectivity index (χ4n) is 3.63. The number of esters is 1. The van der Waals surface area contributed by atoms with E-state index < -0.39 is 10.0 Å². The van der Waals surface area contributed by atoms with Gasteiger partial charge >= 0.3 is 5.97 Å².